The number of hydrogen-bond donors (Lipinski definition) is 2. The van der Waals surface area contributed by atoms with Gasteiger partial charge in [0.25, 0.3) is 0 Å². The first kappa shape index (κ1) is 16.2. The minimum atomic E-state index is -0.0298. The van der Waals surface area contributed by atoms with Crippen LogP contribution in [0.4, 0.5) is 0 Å². The second-order valence-corrected chi connectivity index (χ2v) is 4.80. The van der Waals surface area contributed by atoms with Crippen molar-refractivity contribution in [2.24, 2.45) is 10.7 Å². The van der Waals surface area contributed by atoms with E-state index in [1.807, 2.05) is 10.8 Å². The topological polar surface area (TPSA) is 68.2 Å². The zero-order valence-corrected chi connectivity index (χ0v) is 13.0. The molecule has 0 bridgehead atoms. The fraction of sp³-hybridized carbons (Fsp3) is 0.636. The summed E-state index contributed by atoms with van der Waals surface area (Å²) < 4.78 is 2.03. The van der Waals surface area contributed by atoms with Crippen LogP contribution in [0, 0.1) is 0 Å². The fourth-order valence-electron chi connectivity index (χ4n) is 1.30. The molecule has 0 amide bonds. The third-order valence-corrected chi connectivity index (χ3v) is 1.92. The van der Waals surface area contributed by atoms with Gasteiger partial charge in [-0.2, -0.15) is 0 Å². The number of guanidine groups is 1. The Morgan fingerprint density at radius 3 is 2.71 bits per heavy atom. The smallest absolute Gasteiger partial charge is 0.188 e. The molecule has 6 heteroatoms. The molecule has 3 N–H and O–H groups in total. The normalized spacial score (nSPS) is 12.1. The van der Waals surface area contributed by atoms with E-state index in [2.05, 4.69) is 36.1 Å². The summed E-state index contributed by atoms with van der Waals surface area (Å²) >= 11 is 0. The maximum Gasteiger partial charge on any atom is 0.188 e. The van der Waals surface area contributed by atoms with Gasteiger partial charge in [-0.25, -0.2) is 4.98 Å². The van der Waals surface area contributed by atoms with Gasteiger partial charge >= 0.3 is 0 Å². The van der Waals surface area contributed by atoms with Crippen LogP contribution in [0.25, 0.3) is 0 Å². The van der Waals surface area contributed by atoms with Gasteiger partial charge in [-0.3, -0.25) is 4.99 Å². The second-order valence-electron chi connectivity index (χ2n) is 4.80. The molecule has 0 saturated carbocycles. The average Bonchev–Trinajstić information content (AvgIpc) is 2.62. The lowest BCUT2D eigenvalue weighted by atomic mass is 10.1. The lowest BCUT2D eigenvalue weighted by molar-refractivity contribution is 0.507. The first-order valence-electron chi connectivity index (χ1n) is 5.51. The van der Waals surface area contributed by atoms with E-state index in [9.17, 15) is 0 Å². The van der Waals surface area contributed by atoms with Gasteiger partial charge < -0.3 is 15.6 Å². The molecule has 0 atom stereocenters. The largest absolute Gasteiger partial charge is 0.370 e. The summed E-state index contributed by atoms with van der Waals surface area (Å²) in [7, 11) is 0. The van der Waals surface area contributed by atoms with Crippen LogP contribution >= 0.6 is 24.0 Å². The van der Waals surface area contributed by atoms with Gasteiger partial charge in [-0.1, -0.05) is 0 Å². The summed E-state index contributed by atoms with van der Waals surface area (Å²) in [6.45, 7) is 7.82. The molecule has 1 heterocycles. The van der Waals surface area contributed by atoms with Crippen molar-refractivity contribution in [3.63, 3.8) is 0 Å². The standard InChI is InChI=1S/C11H21N5.HI/c1-11(2,3)15-10(12)14-5-4-7-16-8-6-13-9-16;/h6,8-9H,4-5,7H2,1-3H3,(H3,12,14,15);1H. The van der Waals surface area contributed by atoms with Crippen LogP contribution in [0.15, 0.2) is 23.7 Å². The first-order valence-corrected chi connectivity index (χ1v) is 5.51. The molecular weight excluding hydrogens is 329 g/mol. The Hall–Kier alpha value is -0.790. The van der Waals surface area contributed by atoms with E-state index in [4.69, 9.17) is 5.73 Å². The number of nitrogens with two attached hydrogens (primary N) is 1. The van der Waals surface area contributed by atoms with E-state index < -0.39 is 0 Å². The minimum absolute atomic E-state index is 0. The van der Waals surface area contributed by atoms with Crippen LogP contribution in [0.3, 0.4) is 0 Å². The highest BCUT2D eigenvalue weighted by Gasteiger charge is 2.09. The highest BCUT2D eigenvalue weighted by atomic mass is 127. The van der Waals surface area contributed by atoms with Gasteiger partial charge in [-0.05, 0) is 27.2 Å². The van der Waals surface area contributed by atoms with Crippen LogP contribution < -0.4 is 11.1 Å². The minimum Gasteiger partial charge on any atom is -0.370 e. The van der Waals surface area contributed by atoms with E-state index in [0.29, 0.717) is 5.96 Å². The molecule has 1 aromatic heterocycles. The van der Waals surface area contributed by atoms with E-state index >= 15 is 0 Å². The number of imidazole rings is 1. The summed E-state index contributed by atoms with van der Waals surface area (Å²) in [6, 6.07) is 0. The molecule has 1 aromatic rings. The summed E-state index contributed by atoms with van der Waals surface area (Å²) in [5.74, 6) is 0.512. The monoisotopic (exact) mass is 351 g/mol. The summed E-state index contributed by atoms with van der Waals surface area (Å²) in [5.41, 5.74) is 5.71. The molecule has 0 radical (unpaired) electrons. The molecule has 0 unspecified atom stereocenters. The molecule has 0 aliphatic carbocycles. The third-order valence-electron chi connectivity index (χ3n) is 1.92. The summed E-state index contributed by atoms with van der Waals surface area (Å²) in [5, 5.41) is 3.12. The number of aromatic nitrogens is 2. The Kier molecular flexibility index (Phi) is 7.17. The number of nitrogens with zero attached hydrogens (tertiary/aromatic N) is 3. The van der Waals surface area contributed by atoms with Crippen LogP contribution in [0.2, 0.25) is 0 Å². The van der Waals surface area contributed by atoms with Crippen molar-refractivity contribution in [3.05, 3.63) is 18.7 Å². The van der Waals surface area contributed by atoms with Crippen LogP contribution in [0.1, 0.15) is 27.2 Å². The van der Waals surface area contributed by atoms with Gasteiger partial charge in [-0.15, -0.1) is 24.0 Å². The zero-order chi connectivity index (χ0) is 12.0. The van der Waals surface area contributed by atoms with Gasteiger partial charge in [0.15, 0.2) is 5.96 Å². The number of aryl methyl sites for hydroxylation is 1. The van der Waals surface area contributed by atoms with Gasteiger partial charge in [0.1, 0.15) is 0 Å². The molecule has 0 fully saturated rings. The second kappa shape index (κ2) is 7.52. The van der Waals surface area contributed by atoms with E-state index in [1.165, 1.54) is 0 Å². The van der Waals surface area contributed by atoms with Crippen molar-refractivity contribution in [2.75, 3.05) is 6.54 Å². The number of halogens is 1. The highest BCUT2D eigenvalue weighted by Crippen LogP contribution is 1.97. The summed E-state index contributed by atoms with van der Waals surface area (Å²) in [6.07, 6.45) is 6.49. The number of nitrogens with one attached hydrogen (secondary N) is 1. The molecule has 0 spiro atoms. The van der Waals surface area contributed by atoms with E-state index in [0.717, 1.165) is 19.5 Å². The Morgan fingerprint density at radius 1 is 1.47 bits per heavy atom. The third kappa shape index (κ3) is 8.00. The van der Waals surface area contributed by atoms with Crippen molar-refractivity contribution in [1.29, 1.82) is 0 Å². The lowest BCUT2D eigenvalue weighted by Gasteiger charge is -2.20. The zero-order valence-electron chi connectivity index (χ0n) is 10.7. The molecule has 17 heavy (non-hydrogen) atoms. The summed E-state index contributed by atoms with van der Waals surface area (Å²) in [4.78, 5) is 8.23. The van der Waals surface area contributed by atoms with Crippen molar-refractivity contribution >= 4 is 29.9 Å². The first-order chi connectivity index (χ1) is 7.47. The SMILES string of the molecule is CC(C)(C)NC(N)=NCCCn1ccnc1.I. The average molecular weight is 351 g/mol. The van der Waals surface area contributed by atoms with E-state index in [1.54, 1.807) is 12.5 Å². The van der Waals surface area contributed by atoms with E-state index in [-0.39, 0.29) is 29.5 Å². The molecule has 0 aliphatic rings. The van der Waals surface area contributed by atoms with Gasteiger partial charge in [0.2, 0.25) is 0 Å². The quantitative estimate of drug-likeness (QED) is 0.375. The Balaban J connectivity index is 0.00000256. The van der Waals surface area contributed by atoms with Crippen molar-refractivity contribution in [2.45, 2.75) is 39.3 Å². The molecule has 0 saturated heterocycles. The van der Waals surface area contributed by atoms with Gasteiger partial charge in [0, 0.05) is 31.0 Å². The maximum atomic E-state index is 5.74. The molecule has 98 valence electrons. The predicted molar refractivity (Wildman–Crippen MR) is 81.6 cm³/mol. The molecular formula is C11H22IN5. The van der Waals surface area contributed by atoms with Crippen LogP contribution in [-0.4, -0.2) is 27.6 Å². The Morgan fingerprint density at radius 2 is 2.18 bits per heavy atom. The number of aliphatic imine (C=N–C) groups is 1. The molecule has 5 nitrogen and oxygen atoms in total. The van der Waals surface area contributed by atoms with Crippen molar-refractivity contribution < 1.29 is 0 Å². The Bertz CT molecular complexity index is 326. The molecule has 0 aliphatic heterocycles. The molecule has 0 aromatic carbocycles. The number of rotatable bonds is 4. The van der Waals surface area contributed by atoms with Crippen molar-refractivity contribution in [1.82, 2.24) is 14.9 Å². The fourth-order valence-corrected chi connectivity index (χ4v) is 1.30. The van der Waals surface area contributed by atoms with Gasteiger partial charge in [0.05, 0.1) is 6.33 Å². The highest BCUT2D eigenvalue weighted by molar-refractivity contribution is 14.0. The van der Waals surface area contributed by atoms with Crippen molar-refractivity contribution in [3.8, 4) is 0 Å². The van der Waals surface area contributed by atoms with Crippen LogP contribution in [0.5, 0.6) is 0 Å². The number of hydrogen-bond acceptors (Lipinski definition) is 2. The molecule has 1 rings (SSSR count). The predicted octanol–water partition coefficient (Wildman–Crippen LogP) is 1.59. The van der Waals surface area contributed by atoms with Crippen LogP contribution in [-0.2, 0) is 6.54 Å². The maximum absolute atomic E-state index is 5.74. The lowest BCUT2D eigenvalue weighted by Crippen LogP contribution is -2.45. The Labute approximate surface area is 120 Å².